The van der Waals surface area contributed by atoms with Crippen molar-refractivity contribution in [2.24, 2.45) is 22.7 Å². The minimum Gasteiger partial charge on any atom is -0.456 e. The summed E-state index contributed by atoms with van der Waals surface area (Å²) in [4.78, 5) is 12.0. The molecule has 0 amide bonds. The number of rotatable bonds is 4. The summed E-state index contributed by atoms with van der Waals surface area (Å²) in [5.41, 5.74) is 1.18. The zero-order valence-electron chi connectivity index (χ0n) is 18.3. The highest BCUT2D eigenvalue weighted by molar-refractivity contribution is 14.1. The standard InChI is InChI=1S/C24H33IO4/c1-14(26)27-20(15-10-8-7-9-11-15)19(25)21-24(6)17-12-16(22(17,2)3)13-18(24)28-23(4,5)29-21/h7-11,16-21H,12-13H2,1-6H3/t16-,17-,18+,19-,20-,21+,24-/m0/s1. The Morgan fingerprint density at radius 2 is 1.76 bits per heavy atom. The molecule has 0 radical (unpaired) electrons. The van der Waals surface area contributed by atoms with Crippen LogP contribution in [0.3, 0.4) is 0 Å². The van der Waals surface area contributed by atoms with Crippen molar-refractivity contribution in [3.8, 4) is 0 Å². The molecule has 0 N–H and O–H groups in total. The minimum absolute atomic E-state index is 0.0254. The quantitative estimate of drug-likeness (QED) is 0.296. The fourth-order valence-electron chi connectivity index (χ4n) is 6.27. The van der Waals surface area contributed by atoms with Gasteiger partial charge in [0.1, 0.15) is 6.10 Å². The predicted molar refractivity (Wildman–Crippen MR) is 121 cm³/mol. The molecule has 7 atom stereocenters. The molecule has 0 unspecified atom stereocenters. The van der Waals surface area contributed by atoms with E-state index in [1.54, 1.807) is 0 Å². The van der Waals surface area contributed by atoms with E-state index in [1.165, 1.54) is 13.3 Å². The molecule has 3 saturated carbocycles. The van der Waals surface area contributed by atoms with Crippen molar-refractivity contribution in [3.05, 3.63) is 35.9 Å². The first-order chi connectivity index (χ1) is 13.5. The van der Waals surface area contributed by atoms with Crippen LogP contribution >= 0.6 is 22.6 Å². The van der Waals surface area contributed by atoms with E-state index in [1.807, 2.05) is 44.2 Å². The lowest BCUT2D eigenvalue weighted by molar-refractivity contribution is -0.393. The highest BCUT2D eigenvalue weighted by Gasteiger charge is 2.70. The van der Waals surface area contributed by atoms with Crippen LogP contribution in [0.1, 0.15) is 66.1 Å². The number of alkyl halides is 1. The number of esters is 1. The zero-order valence-corrected chi connectivity index (χ0v) is 20.4. The van der Waals surface area contributed by atoms with Crippen molar-refractivity contribution in [2.75, 3.05) is 0 Å². The van der Waals surface area contributed by atoms with Crippen LogP contribution in [0, 0.1) is 22.7 Å². The molecular formula is C24H33IO4. The summed E-state index contributed by atoms with van der Waals surface area (Å²) in [7, 11) is 0. The summed E-state index contributed by atoms with van der Waals surface area (Å²) in [6.45, 7) is 12.6. The molecule has 29 heavy (non-hydrogen) atoms. The van der Waals surface area contributed by atoms with Gasteiger partial charge >= 0.3 is 5.97 Å². The maximum Gasteiger partial charge on any atom is 0.303 e. The fraction of sp³-hybridized carbons (Fsp3) is 0.708. The van der Waals surface area contributed by atoms with Gasteiger partial charge in [0.25, 0.3) is 0 Å². The first-order valence-corrected chi connectivity index (χ1v) is 11.9. The Bertz CT molecular complexity index is 776. The zero-order chi connectivity index (χ0) is 21.2. The van der Waals surface area contributed by atoms with E-state index in [9.17, 15) is 4.79 Å². The van der Waals surface area contributed by atoms with Gasteiger partial charge in [0.2, 0.25) is 0 Å². The Morgan fingerprint density at radius 1 is 1.10 bits per heavy atom. The molecule has 1 aromatic rings. The van der Waals surface area contributed by atoms with E-state index in [-0.39, 0.29) is 39.0 Å². The number of ether oxygens (including phenoxy) is 3. The van der Waals surface area contributed by atoms with Crippen LogP contribution in [0.2, 0.25) is 0 Å². The van der Waals surface area contributed by atoms with E-state index in [2.05, 4.69) is 43.4 Å². The van der Waals surface area contributed by atoms with Gasteiger partial charge in [-0.2, -0.15) is 0 Å². The van der Waals surface area contributed by atoms with Gasteiger partial charge in [-0.25, -0.2) is 0 Å². The lowest BCUT2D eigenvalue weighted by Gasteiger charge is -2.71. The van der Waals surface area contributed by atoms with Gasteiger partial charge in [-0.05, 0) is 49.5 Å². The third-order valence-electron chi connectivity index (χ3n) is 7.86. The average molecular weight is 512 g/mol. The number of carbonyl (C=O) groups excluding carboxylic acids is 1. The third kappa shape index (κ3) is 3.45. The first kappa shape index (κ1) is 21.6. The molecule has 4 fully saturated rings. The van der Waals surface area contributed by atoms with Gasteiger partial charge in [0.15, 0.2) is 5.79 Å². The summed E-state index contributed by atoms with van der Waals surface area (Å²) in [6.07, 6.45) is 2.05. The van der Waals surface area contributed by atoms with E-state index in [0.29, 0.717) is 11.8 Å². The summed E-state index contributed by atoms with van der Waals surface area (Å²) < 4.78 is 19.0. The smallest absolute Gasteiger partial charge is 0.303 e. The SMILES string of the molecule is CC(=O)O[C@@H](c1ccccc1)[C@H](I)[C@H]1OC(C)(C)O[C@@H]2C[C@@H]3C[C@@H](C3(C)C)[C@]12C. The van der Waals surface area contributed by atoms with Gasteiger partial charge < -0.3 is 14.2 Å². The topological polar surface area (TPSA) is 44.8 Å². The third-order valence-corrected chi connectivity index (χ3v) is 9.17. The maximum atomic E-state index is 12.0. The molecule has 160 valence electrons. The van der Waals surface area contributed by atoms with Crippen molar-refractivity contribution in [2.45, 2.75) is 82.4 Å². The predicted octanol–water partition coefficient (Wildman–Crippen LogP) is 5.69. The Kier molecular flexibility index (Phi) is 5.35. The van der Waals surface area contributed by atoms with Gasteiger partial charge in [0.05, 0.1) is 16.1 Å². The number of hydrogen-bond acceptors (Lipinski definition) is 4. The molecule has 4 aliphatic rings. The Balaban J connectivity index is 1.74. The summed E-state index contributed by atoms with van der Waals surface area (Å²) in [6, 6.07) is 10.0. The van der Waals surface area contributed by atoms with Gasteiger partial charge in [-0.1, -0.05) is 73.7 Å². The molecule has 1 aromatic carbocycles. The average Bonchev–Trinajstić information content (AvgIpc) is 2.65. The molecule has 1 heterocycles. The fourth-order valence-corrected chi connectivity index (χ4v) is 7.76. The second-order valence-corrected chi connectivity index (χ2v) is 11.8. The second-order valence-electron chi connectivity index (χ2n) is 10.3. The number of benzene rings is 1. The molecule has 5 rings (SSSR count). The summed E-state index contributed by atoms with van der Waals surface area (Å²) in [5.74, 6) is 0.335. The molecule has 5 heteroatoms. The van der Waals surface area contributed by atoms with Crippen LogP contribution in [0.15, 0.2) is 30.3 Å². The molecule has 2 bridgehead atoms. The molecular weight excluding hydrogens is 479 g/mol. The maximum absolute atomic E-state index is 12.0. The van der Waals surface area contributed by atoms with Crippen molar-refractivity contribution in [3.63, 3.8) is 0 Å². The van der Waals surface area contributed by atoms with Crippen molar-refractivity contribution >= 4 is 28.6 Å². The molecule has 0 aromatic heterocycles. The Hall–Kier alpha value is -0.660. The van der Waals surface area contributed by atoms with Gasteiger partial charge in [-0.3, -0.25) is 4.79 Å². The van der Waals surface area contributed by atoms with Crippen LogP contribution in [0.25, 0.3) is 0 Å². The van der Waals surface area contributed by atoms with E-state index >= 15 is 0 Å². The van der Waals surface area contributed by atoms with Crippen LogP contribution in [-0.2, 0) is 19.0 Å². The van der Waals surface area contributed by atoms with Gasteiger partial charge in [-0.15, -0.1) is 0 Å². The number of halogens is 1. The second kappa shape index (κ2) is 7.20. The molecule has 1 saturated heterocycles. The molecule has 4 nitrogen and oxygen atoms in total. The first-order valence-electron chi connectivity index (χ1n) is 10.7. The molecule has 0 spiro atoms. The minimum atomic E-state index is -0.649. The van der Waals surface area contributed by atoms with Crippen molar-refractivity contribution in [1.29, 1.82) is 0 Å². The highest BCUT2D eigenvalue weighted by Crippen LogP contribution is 2.70. The normalized spacial score (nSPS) is 38.9. The van der Waals surface area contributed by atoms with Crippen molar-refractivity contribution in [1.82, 2.24) is 0 Å². The highest BCUT2D eigenvalue weighted by atomic mass is 127. The Morgan fingerprint density at radius 3 is 2.34 bits per heavy atom. The van der Waals surface area contributed by atoms with Gasteiger partial charge in [0, 0.05) is 12.3 Å². The molecule has 3 aliphatic carbocycles. The van der Waals surface area contributed by atoms with Crippen LogP contribution in [-0.4, -0.2) is 27.9 Å². The van der Waals surface area contributed by atoms with E-state index < -0.39 is 5.79 Å². The summed E-state index contributed by atoms with van der Waals surface area (Å²) >= 11 is 2.46. The monoisotopic (exact) mass is 512 g/mol. The summed E-state index contributed by atoms with van der Waals surface area (Å²) in [5, 5.41) is 0. The number of hydrogen-bond donors (Lipinski definition) is 0. The largest absolute Gasteiger partial charge is 0.456 e. The van der Waals surface area contributed by atoms with Crippen LogP contribution < -0.4 is 0 Å². The molecule has 1 aliphatic heterocycles. The lowest BCUT2D eigenvalue weighted by Crippen LogP contribution is -2.72. The van der Waals surface area contributed by atoms with Crippen LogP contribution in [0.4, 0.5) is 0 Å². The number of carbonyl (C=O) groups is 1. The lowest BCUT2D eigenvalue weighted by atomic mass is 9.39. The van der Waals surface area contributed by atoms with E-state index in [0.717, 1.165) is 12.0 Å². The van der Waals surface area contributed by atoms with Crippen molar-refractivity contribution < 1.29 is 19.0 Å². The van der Waals surface area contributed by atoms with E-state index in [4.69, 9.17) is 14.2 Å². The van der Waals surface area contributed by atoms with Crippen LogP contribution in [0.5, 0.6) is 0 Å². The Labute approximate surface area is 188 Å².